The molecule has 0 spiro atoms. The number of alkyl halides is 1. The second-order valence-electron chi connectivity index (χ2n) is 4.93. The third kappa shape index (κ3) is 2.32. The van der Waals surface area contributed by atoms with Crippen LogP contribution in [0.3, 0.4) is 0 Å². The van der Waals surface area contributed by atoms with Crippen LogP contribution in [0.25, 0.3) is 0 Å². The summed E-state index contributed by atoms with van der Waals surface area (Å²) in [5.41, 5.74) is 0.765. The average Bonchev–Trinajstić information content (AvgIpc) is 1.99. The smallest absolute Gasteiger partial charge is 0.108 e. The van der Waals surface area contributed by atoms with E-state index in [1.54, 1.807) is 12.5 Å². The minimum atomic E-state index is -0.866. The summed E-state index contributed by atoms with van der Waals surface area (Å²) >= 11 is 0. The van der Waals surface area contributed by atoms with E-state index in [0.717, 1.165) is 25.7 Å². The first-order valence-electron chi connectivity index (χ1n) is 5.54. The zero-order chi connectivity index (χ0) is 9.31. The van der Waals surface area contributed by atoms with Gasteiger partial charge in [0.15, 0.2) is 0 Å². The quantitative estimate of drug-likeness (QED) is 0.537. The fourth-order valence-electron chi connectivity index (χ4n) is 2.29. The maximum atomic E-state index is 13.5. The maximum absolute atomic E-state index is 13.5. The van der Waals surface area contributed by atoms with Crippen LogP contribution < -0.4 is 0 Å². The molecule has 0 heterocycles. The molecule has 0 atom stereocenters. The van der Waals surface area contributed by atoms with Crippen molar-refractivity contribution in [3.8, 4) is 0 Å². The van der Waals surface area contributed by atoms with Gasteiger partial charge in [-0.1, -0.05) is 11.6 Å². The summed E-state index contributed by atoms with van der Waals surface area (Å²) < 4.78 is 13.5. The third-order valence-corrected chi connectivity index (χ3v) is 3.54. The normalized spacial score (nSPS) is 39.8. The largest absolute Gasteiger partial charge is 0.244 e. The highest BCUT2D eigenvalue weighted by Crippen LogP contribution is 2.37. The maximum Gasteiger partial charge on any atom is 0.108 e. The average molecular weight is 182 g/mol. The lowest BCUT2D eigenvalue weighted by Crippen LogP contribution is -2.25. The standard InChI is InChI=1S/C12H19F/c1-12(13)7-5-11(6-8-12)9-10-3-2-4-10/h9,11H,2-8H2,1H3. The van der Waals surface area contributed by atoms with E-state index in [1.807, 2.05) is 0 Å². The van der Waals surface area contributed by atoms with Gasteiger partial charge < -0.3 is 0 Å². The Bertz CT molecular complexity index is 199. The van der Waals surface area contributed by atoms with Crippen LogP contribution in [0.4, 0.5) is 4.39 Å². The monoisotopic (exact) mass is 182 g/mol. The molecule has 0 saturated heterocycles. The molecule has 13 heavy (non-hydrogen) atoms. The Morgan fingerprint density at radius 2 is 1.92 bits per heavy atom. The van der Waals surface area contributed by atoms with Crippen molar-refractivity contribution < 1.29 is 4.39 Å². The van der Waals surface area contributed by atoms with Crippen molar-refractivity contribution in [1.29, 1.82) is 0 Å². The molecular formula is C12H19F. The van der Waals surface area contributed by atoms with Crippen molar-refractivity contribution in [3.63, 3.8) is 0 Å². The molecule has 1 heteroatoms. The molecule has 0 radical (unpaired) electrons. The fraction of sp³-hybridized carbons (Fsp3) is 0.833. The van der Waals surface area contributed by atoms with Gasteiger partial charge in [-0.05, 0) is 57.8 Å². The van der Waals surface area contributed by atoms with Gasteiger partial charge in [-0.2, -0.15) is 0 Å². The summed E-state index contributed by atoms with van der Waals surface area (Å²) in [5.74, 6) is 0.694. The van der Waals surface area contributed by atoms with Gasteiger partial charge in [0.2, 0.25) is 0 Å². The van der Waals surface area contributed by atoms with Crippen molar-refractivity contribution >= 4 is 0 Å². The summed E-state index contributed by atoms with van der Waals surface area (Å²) in [6, 6.07) is 0. The Kier molecular flexibility index (Phi) is 2.44. The van der Waals surface area contributed by atoms with Gasteiger partial charge in [0.25, 0.3) is 0 Å². The van der Waals surface area contributed by atoms with Crippen LogP contribution in [-0.2, 0) is 0 Å². The van der Waals surface area contributed by atoms with E-state index < -0.39 is 5.67 Å². The fourth-order valence-corrected chi connectivity index (χ4v) is 2.29. The van der Waals surface area contributed by atoms with Crippen molar-refractivity contribution in [2.24, 2.45) is 5.92 Å². The Balaban J connectivity index is 1.84. The highest BCUT2D eigenvalue weighted by atomic mass is 19.1. The molecule has 0 aromatic heterocycles. The van der Waals surface area contributed by atoms with Crippen molar-refractivity contribution in [3.05, 3.63) is 11.6 Å². The Hall–Kier alpha value is -0.330. The minimum Gasteiger partial charge on any atom is -0.244 e. The Labute approximate surface area is 80.2 Å². The van der Waals surface area contributed by atoms with Crippen molar-refractivity contribution in [2.45, 2.75) is 57.5 Å². The van der Waals surface area contributed by atoms with E-state index >= 15 is 0 Å². The predicted molar refractivity (Wildman–Crippen MR) is 53.4 cm³/mol. The molecule has 0 N–H and O–H groups in total. The van der Waals surface area contributed by atoms with Crippen LogP contribution in [0.5, 0.6) is 0 Å². The van der Waals surface area contributed by atoms with Crippen LogP contribution in [0, 0.1) is 5.92 Å². The predicted octanol–water partition coefficient (Wildman–Crippen LogP) is 4.02. The highest BCUT2D eigenvalue weighted by molar-refractivity contribution is 5.11. The molecule has 2 aliphatic rings. The van der Waals surface area contributed by atoms with Gasteiger partial charge >= 0.3 is 0 Å². The molecule has 0 aromatic rings. The van der Waals surface area contributed by atoms with Crippen LogP contribution in [0.15, 0.2) is 11.6 Å². The summed E-state index contributed by atoms with van der Waals surface area (Å²) in [5, 5.41) is 0. The lowest BCUT2D eigenvalue weighted by Gasteiger charge is -2.31. The zero-order valence-electron chi connectivity index (χ0n) is 8.48. The summed E-state index contributed by atoms with van der Waals surface area (Å²) in [6.45, 7) is 1.75. The van der Waals surface area contributed by atoms with Crippen LogP contribution >= 0.6 is 0 Å². The molecule has 0 unspecified atom stereocenters. The molecule has 0 aliphatic heterocycles. The molecule has 2 rings (SSSR count). The van der Waals surface area contributed by atoms with E-state index in [2.05, 4.69) is 6.08 Å². The molecule has 2 saturated carbocycles. The molecule has 0 nitrogen and oxygen atoms in total. The molecule has 2 fully saturated rings. The van der Waals surface area contributed by atoms with E-state index in [1.165, 1.54) is 19.3 Å². The van der Waals surface area contributed by atoms with Crippen LogP contribution in [-0.4, -0.2) is 5.67 Å². The number of rotatable bonds is 1. The van der Waals surface area contributed by atoms with E-state index in [9.17, 15) is 4.39 Å². The van der Waals surface area contributed by atoms with Gasteiger partial charge in [0.05, 0.1) is 0 Å². The van der Waals surface area contributed by atoms with Gasteiger partial charge in [-0.25, -0.2) is 4.39 Å². The second kappa shape index (κ2) is 3.43. The number of allylic oxidation sites excluding steroid dienone is 2. The number of halogens is 1. The summed E-state index contributed by atoms with van der Waals surface area (Å²) in [4.78, 5) is 0. The zero-order valence-corrected chi connectivity index (χ0v) is 8.48. The first-order valence-corrected chi connectivity index (χ1v) is 5.54. The Morgan fingerprint density at radius 3 is 2.38 bits per heavy atom. The molecule has 2 aliphatic carbocycles. The summed E-state index contributed by atoms with van der Waals surface area (Å²) in [6.07, 6.45) is 10.1. The first-order chi connectivity index (χ1) is 6.16. The highest BCUT2D eigenvalue weighted by Gasteiger charge is 2.29. The van der Waals surface area contributed by atoms with Crippen LogP contribution in [0.2, 0.25) is 0 Å². The van der Waals surface area contributed by atoms with Crippen molar-refractivity contribution in [2.75, 3.05) is 0 Å². The van der Waals surface area contributed by atoms with E-state index in [0.29, 0.717) is 5.92 Å². The molecule has 0 amide bonds. The molecule has 0 aromatic carbocycles. The van der Waals surface area contributed by atoms with E-state index in [4.69, 9.17) is 0 Å². The third-order valence-electron chi connectivity index (χ3n) is 3.54. The lowest BCUT2D eigenvalue weighted by molar-refractivity contribution is 0.114. The van der Waals surface area contributed by atoms with E-state index in [-0.39, 0.29) is 0 Å². The Morgan fingerprint density at radius 1 is 1.31 bits per heavy atom. The van der Waals surface area contributed by atoms with Gasteiger partial charge in [-0.3, -0.25) is 0 Å². The second-order valence-corrected chi connectivity index (χ2v) is 4.93. The van der Waals surface area contributed by atoms with Crippen LogP contribution in [0.1, 0.15) is 51.9 Å². The topological polar surface area (TPSA) is 0 Å². The van der Waals surface area contributed by atoms with Gasteiger partial charge in [-0.15, -0.1) is 0 Å². The number of hydrogen-bond acceptors (Lipinski definition) is 0. The summed E-state index contributed by atoms with van der Waals surface area (Å²) in [7, 11) is 0. The SMILES string of the molecule is CC1(F)CCC(C=C2CCC2)CC1. The van der Waals surface area contributed by atoms with Crippen molar-refractivity contribution in [1.82, 2.24) is 0 Å². The van der Waals surface area contributed by atoms with Gasteiger partial charge in [0.1, 0.15) is 5.67 Å². The van der Waals surface area contributed by atoms with Gasteiger partial charge in [0, 0.05) is 0 Å². The molecule has 0 bridgehead atoms. The molecule has 74 valence electrons. The number of hydrogen-bond donors (Lipinski definition) is 0. The minimum absolute atomic E-state index is 0.694. The lowest BCUT2D eigenvalue weighted by atomic mass is 9.78. The molecular weight excluding hydrogens is 163 g/mol. The first kappa shape index (κ1) is 9.23.